The number of aromatic amines is 1. The molecule has 3 unspecified atom stereocenters. The molecule has 0 aromatic carbocycles. The Kier molecular flexibility index (Phi) is 2.59. The van der Waals surface area contributed by atoms with Gasteiger partial charge in [0.05, 0.1) is 0 Å². The number of aromatic nitrogens is 2. The van der Waals surface area contributed by atoms with E-state index in [1.54, 1.807) is 0 Å². The van der Waals surface area contributed by atoms with Gasteiger partial charge in [-0.2, -0.15) is 0 Å². The van der Waals surface area contributed by atoms with Gasteiger partial charge in [-0.05, 0) is 25.2 Å². The third kappa shape index (κ3) is 1.82. The molecule has 0 amide bonds. The monoisotopic (exact) mass is 193 g/mol. The molecule has 1 aromatic rings. The predicted molar refractivity (Wildman–Crippen MR) is 56.9 cm³/mol. The molecule has 0 saturated heterocycles. The highest BCUT2D eigenvalue weighted by Crippen LogP contribution is 2.33. The van der Waals surface area contributed by atoms with Crippen LogP contribution >= 0.6 is 0 Å². The second-order valence-electron chi connectivity index (χ2n) is 4.55. The Bertz CT molecular complexity index is 305. The quantitative estimate of drug-likeness (QED) is 0.769. The van der Waals surface area contributed by atoms with Crippen LogP contribution in [0.5, 0.6) is 0 Å². The van der Waals surface area contributed by atoms with Gasteiger partial charge in [0, 0.05) is 24.5 Å². The molecule has 2 N–H and O–H groups in total. The summed E-state index contributed by atoms with van der Waals surface area (Å²) in [5, 5.41) is 3.56. The Morgan fingerprint density at radius 3 is 2.86 bits per heavy atom. The second-order valence-corrected chi connectivity index (χ2v) is 4.55. The lowest BCUT2D eigenvalue weighted by Crippen LogP contribution is -2.47. The smallest absolute Gasteiger partial charge is 0.103 e. The Hall–Kier alpha value is -0.830. The normalized spacial score (nSPS) is 31.5. The number of H-pyrrole nitrogens is 1. The van der Waals surface area contributed by atoms with Gasteiger partial charge in [-0.15, -0.1) is 0 Å². The molecule has 3 nitrogen and oxygen atoms in total. The van der Waals surface area contributed by atoms with E-state index in [4.69, 9.17) is 0 Å². The minimum absolute atomic E-state index is 0.702. The lowest BCUT2D eigenvalue weighted by Gasteiger charge is -2.41. The lowest BCUT2D eigenvalue weighted by atomic mass is 9.71. The summed E-state index contributed by atoms with van der Waals surface area (Å²) in [6, 6.07) is 0.702. The molecule has 2 rings (SSSR count). The number of rotatable bonds is 3. The maximum absolute atomic E-state index is 4.18. The molecule has 1 aromatic heterocycles. The van der Waals surface area contributed by atoms with Gasteiger partial charge in [0.2, 0.25) is 0 Å². The van der Waals surface area contributed by atoms with Crippen LogP contribution in [0.15, 0.2) is 6.20 Å². The first-order valence-electron chi connectivity index (χ1n) is 5.40. The zero-order valence-electron chi connectivity index (χ0n) is 9.17. The van der Waals surface area contributed by atoms with E-state index in [0.717, 1.165) is 24.2 Å². The molecule has 0 spiro atoms. The van der Waals surface area contributed by atoms with Crippen molar-refractivity contribution in [3.05, 3.63) is 17.7 Å². The van der Waals surface area contributed by atoms with Crippen LogP contribution in [-0.4, -0.2) is 16.0 Å². The zero-order chi connectivity index (χ0) is 10.1. The van der Waals surface area contributed by atoms with E-state index in [9.17, 15) is 0 Å². The number of aryl methyl sites for hydroxylation is 1. The van der Waals surface area contributed by atoms with E-state index >= 15 is 0 Å². The minimum atomic E-state index is 0.702. The summed E-state index contributed by atoms with van der Waals surface area (Å²) in [5.41, 5.74) is 1.19. The van der Waals surface area contributed by atoms with Gasteiger partial charge in [0.1, 0.15) is 5.82 Å². The Morgan fingerprint density at radius 2 is 2.36 bits per heavy atom. The molecule has 0 bridgehead atoms. The third-order valence-corrected chi connectivity index (χ3v) is 3.47. The van der Waals surface area contributed by atoms with Crippen LogP contribution < -0.4 is 5.32 Å². The highest BCUT2D eigenvalue weighted by molar-refractivity contribution is 5.00. The Labute approximate surface area is 85.3 Å². The predicted octanol–water partition coefficient (Wildman–Crippen LogP) is 1.85. The fraction of sp³-hybridized carbons (Fsp3) is 0.727. The highest BCUT2D eigenvalue weighted by Gasteiger charge is 2.33. The average Bonchev–Trinajstić information content (AvgIpc) is 2.58. The molecule has 1 fully saturated rings. The van der Waals surface area contributed by atoms with Crippen LogP contribution in [0.4, 0.5) is 0 Å². The number of hydrogen-bond acceptors (Lipinski definition) is 2. The number of nitrogens with one attached hydrogen (secondary N) is 2. The molecular formula is C11H19N3. The van der Waals surface area contributed by atoms with Gasteiger partial charge in [0.15, 0.2) is 0 Å². The zero-order valence-corrected chi connectivity index (χ0v) is 9.17. The Morgan fingerprint density at radius 1 is 1.57 bits per heavy atom. The van der Waals surface area contributed by atoms with Crippen LogP contribution in [0.1, 0.15) is 31.8 Å². The van der Waals surface area contributed by atoms with Crippen LogP contribution in [0.25, 0.3) is 0 Å². The summed E-state index contributed by atoms with van der Waals surface area (Å²) >= 11 is 0. The molecule has 14 heavy (non-hydrogen) atoms. The fourth-order valence-electron chi connectivity index (χ4n) is 2.10. The van der Waals surface area contributed by atoms with Gasteiger partial charge in [-0.1, -0.05) is 13.8 Å². The Balaban J connectivity index is 1.78. The van der Waals surface area contributed by atoms with Crippen LogP contribution in [0.3, 0.4) is 0 Å². The molecule has 1 saturated carbocycles. The van der Waals surface area contributed by atoms with Crippen LogP contribution in [-0.2, 0) is 6.54 Å². The van der Waals surface area contributed by atoms with E-state index in [2.05, 4.69) is 29.1 Å². The number of nitrogens with zero attached hydrogens (tertiary/aromatic N) is 1. The van der Waals surface area contributed by atoms with Crippen molar-refractivity contribution in [2.24, 2.45) is 11.8 Å². The standard InChI is InChI=1S/C11H19N3/c1-7-4-11(8(7)2)13-6-10-5-12-9(3)14-10/h5,7-8,11,13H,4,6H2,1-3H3,(H,12,14). The van der Waals surface area contributed by atoms with E-state index in [1.807, 2.05) is 13.1 Å². The van der Waals surface area contributed by atoms with E-state index < -0.39 is 0 Å². The topological polar surface area (TPSA) is 40.7 Å². The van der Waals surface area contributed by atoms with Gasteiger partial charge >= 0.3 is 0 Å². The fourth-order valence-corrected chi connectivity index (χ4v) is 2.10. The number of hydrogen-bond donors (Lipinski definition) is 2. The summed E-state index contributed by atoms with van der Waals surface area (Å²) in [4.78, 5) is 7.41. The molecule has 3 heteroatoms. The third-order valence-electron chi connectivity index (χ3n) is 3.47. The van der Waals surface area contributed by atoms with Crippen LogP contribution in [0.2, 0.25) is 0 Å². The first kappa shape index (κ1) is 9.71. The average molecular weight is 193 g/mol. The van der Waals surface area contributed by atoms with Gasteiger partial charge in [-0.3, -0.25) is 0 Å². The summed E-state index contributed by atoms with van der Waals surface area (Å²) in [6.45, 7) is 7.55. The molecule has 0 radical (unpaired) electrons. The van der Waals surface area contributed by atoms with E-state index in [0.29, 0.717) is 6.04 Å². The molecule has 1 aliphatic rings. The second kappa shape index (κ2) is 3.73. The maximum Gasteiger partial charge on any atom is 0.103 e. The van der Waals surface area contributed by atoms with Crippen molar-refractivity contribution in [2.75, 3.05) is 0 Å². The summed E-state index contributed by atoms with van der Waals surface area (Å²) in [6.07, 6.45) is 3.23. The summed E-state index contributed by atoms with van der Waals surface area (Å²) in [5.74, 6) is 2.70. The summed E-state index contributed by atoms with van der Waals surface area (Å²) < 4.78 is 0. The first-order valence-corrected chi connectivity index (χ1v) is 5.40. The maximum atomic E-state index is 4.18. The SMILES string of the molecule is Cc1ncc(CNC2CC(C)C2C)[nH]1. The van der Waals surface area contributed by atoms with Crippen molar-refractivity contribution in [1.82, 2.24) is 15.3 Å². The van der Waals surface area contributed by atoms with Crippen LogP contribution in [0, 0.1) is 18.8 Å². The van der Waals surface area contributed by atoms with Crippen molar-refractivity contribution in [2.45, 2.75) is 39.8 Å². The first-order chi connectivity index (χ1) is 6.66. The van der Waals surface area contributed by atoms with Gasteiger partial charge in [0.25, 0.3) is 0 Å². The molecule has 0 aliphatic heterocycles. The van der Waals surface area contributed by atoms with Crippen molar-refractivity contribution in [3.8, 4) is 0 Å². The number of imidazole rings is 1. The van der Waals surface area contributed by atoms with Crippen molar-refractivity contribution >= 4 is 0 Å². The van der Waals surface area contributed by atoms with Crippen molar-refractivity contribution in [1.29, 1.82) is 0 Å². The van der Waals surface area contributed by atoms with Crippen molar-refractivity contribution < 1.29 is 0 Å². The van der Waals surface area contributed by atoms with E-state index in [1.165, 1.54) is 12.1 Å². The van der Waals surface area contributed by atoms with E-state index in [-0.39, 0.29) is 0 Å². The minimum Gasteiger partial charge on any atom is -0.345 e. The van der Waals surface area contributed by atoms with Crippen molar-refractivity contribution in [3.63, 3.8) is 0 Å². The summed E-state index contributed by atoms with van der Waals surface area (Å²) in [7, 11) is 0. The lowest BCUT2D eigenvalue weighted by molar-refractivity contribution is 0.136. The van der Waals surface area contributed by atoms with Gasteiger partial charge < -0.3 is 10.3 Å². The largest absolute Gasteiger partial charge is 0.345 e. The highest BCUT2D eigenvalue weighted by atomic mass is 15.0. The molecule has 1 heterocycles. The molecule has 3 atom stereocenters. The molecule has 78 valence electrons. The van der Waals surface area contributed by atoms with Gasteiger partial charge in [-0.25, -0.2) is 4.98 Å². The molecule has 1 aliphatic carbocycles. The molecular weight excluding hydrogens is 174 g/mol.